The van der Waals surface area contributed by atoms with Crippen LogP contribution in [0.25, 0.3) is 22.3 Å². The van der Waals surface area contributed by atoms with Gasteiger partial charge in [-0.1, -0.05) is 42.1 Å². The Kier molecular flexibility index (Phi) is 3.91. The Balaban J connectivity index is 1.71. The molecule has 0 saturated heterocycles. The van der Waals surface area contributed by atoms with Crippen LogP contribution in [0.1, 0.15) is 0 Å². The number of hydrogen-bond donors (Lipinski definition) is 1. The van der Waals surface area contributed by atoms with Gasteiger partial charge in [0.05, 0.1) is 21.0 Å². The normalized spacial score (nSPS) is 10.9. The highest BCUT2D eigenvalue weighted by Crippen LogP contribution is 2.35. The number of nitro groups is 1. The van der Waals surface area contributed by atoms with Gasteiger partial charge in [-0.05, 0) is 12.1 Å². The number of rotatable bonds is 4. The third-order valence-corrected chi connectivity index (χ3v) is 4.79. The van der Waals surface area contributed by atoms with Gasteiger partial charge in [0, 0.05) is 28.8 Å². The van der Waals surface area contributed by atoms with Gasteiger partial charge in [0.25, 0.3) is 5.69 Å². The first-order valence-corrected chi connectivity index (χ1v) is 8.34. The fourth-order valence-corrected chi connectivity index (χ4v) is 3.47. The average molecular weight is 348 g/mol. The van der Waals surface area contributed by atoms with E-state index in [1.807, 2.05) is 36.5 Å². The molecule has 0 radical (unpaired) electrons. The lowest BCUT2D eigenvalue weighted by Crippen LogP contribution is -1.88. The number of H-pyrrole nitrogens is 1. The minimum absolute atomic E-state index is 0.0805. The summed E-state index contributed by atoms with van der Waals surface area (Å²) in [6, 6.07) is 16.4. The van der Waals surface area contributed by atoms with Crippen molar-refractivity contribution in [2.45, 2.75) is 9.79 Å². The van der Waals surface area contributed by atoms with Crippen LogP contribution in [0.5, 0.6) is 0 Å². The standard InChI is InChI=1S/C18H12N4O2S/c23-22(24)13-6-8-14(9-7-13)25-15-10-19-18-16(20-11-21-17(15)18)12-4-2-1-3-5-12/h1-11,19H. The fourth-order valence-electron chi connectivity index (χ4n) is 2.57. The van der Waals surface area contributed by atoms with E-state index in [1.54, 1.807) is 18.5 Å². The highest BCUT2D eigenvalue weighted by molar-refractivity contribution is 7.99. The maximum atomic E-state index is 10.8. The van der Waals surface area contributed by atoms with Crippen LogP contribution in [-0.4, -0.2) is 19.9 Å². The monoisotopic (exact) mass is 348 g/mol. The second kappa shape index (κ2) is 6.37. The topological polar surface area (TPSA) is 84.7 Å². The molecule has 6 nitrogen and oxygen atoms in total. The summed E-state index contributed by atoms with van der Waals surface area (Å²) in [5.74, 6) is 0. The zero-order valence-corrected chi connectivity index (χ0v) is 13.7. The van der Waals surface area contributed by atoms with Gasteiger partial charge in [-0.2, -0.15) is 0 Å². The van der Waals surface area contributed by atoms with Gasteiger partial charge in [-0.15, -0.1) is 0 Å². The Morgan fingerprint density at radius 2 is 1.76 bits per heavy atom. The Morgan fingerprint density at radius 3 is 2.48 bits per heavy atom. The van der Waals surface area contributed by atoms with Crippen LogP contribution in [0.2, 0.25) is 0 Å². The van der Waals surface area contributed by atoms with E-state index < -0.39 is 4.92 Å². The number of nitrogens with one attached hydrogen (secondary N) is 1. The molecule has 122 valence electrons. The number of hydrogen-bond acceptors (Lipinski definition) is 5. The minimum atomic E-state index is -0.403. The van der Waals surface area contributed by atoms with Crippen molar-refractivity contribution in [3.63, 3.8) is 0 Å². The van der Waals surface area contributed by atoms with Gasteiger partial charge in [0.1, 0.15) is 11.8 Å². The molecule has 0 aliphatic heterocycles. The quantitative estimate of drug-likeness (QED) is 0.427. The zero-order valence-electron chi connectivity index (χ0n) is 12.9. The molecule has 1 N–H and O–H groups in total. The number of aromatic nitrogens is 3. The Bertz CT molecular complexity index is 1050. The van der Waals surface area contributed by atoms with E-state index in [0.717, 1.165) is 32.1 Å². The molecule has 0 amide bonds. The predicted octanol–water partition coefficient (Wildman–Crippen LogP) is 4.68. The van der Waals surface area contributed by atoms with Gasteiger partial charge in [-0.3, -0.25) is 10.1 Å². The number of aromatic amines is 1. The Morgan fingerprint density at radius 1 is 1.00 bits per heavy atom. The maximum Gasteiger partial charge on any atom is 0.269 e. The van der Waals surface area contributed by atoms with Crippen molar-refractivity contribution in [1.82, 2.24) is 15.0 Å². The molecule has 0 atom stereocenters. The molecule has 2 aromatic heterocycles. The van der Waals surface area contributed by atoms with Crippen LogP contribution >= 0.6 is 11.8 Å². The molecule has 4 rings (SSSR count). The fraction of sp³-hybridized carbons (Fsp3) is 0. The van der Waals surface area contributed by atoms with Crippen LogP contribution in [0.15, 0.2) is 76.9 Å². The number of benzene rings is 2. The SMILES string of the molecule is O=[N+]([O-])c1ccc(Sc2c[nH]c3c(-c4ccccc4)ncnc23)cc1. The van der Waals surface area contributed by atoms with E-state index in [4.69, 9.17) is 0 Å². The van der Waals surface area contributed by atoms with E-state index in [2.05, 4.69) is 15.0 Å². The molecule has 0 aliphatic carbocycles. The second-order valence-corrected chi connectivity index (χ2v) is 6.43. The van der Waals surface area contributed by atoms with Crippen molar-refractivity contribution < 1.29 is 4.92 Å². The van der Waals surface area contributed by atoms with E-state index in [-0.39, 0.29) is 5.69 Å². The summed E-state index contributed by atoms with van der Waals surface area (Å²) in [5.41, 5.74) is 3.65. The number of fused-ring (bicyclic) bond motifs is 1. The van der Waals surface area contributed by atoms with Crippen LogP contribution in [0.4, 0.5) is 5.69 Å². The smallest absolute Gasteiger partial charge is 0.269 e. The molecule has 2 aromatic carbocycles. The summed E-state index contributed by atoms with van der Waals surface area (Å²) in [6.07, 6.45) is 3.44. The van der Waals surface area contributed by atoms with Crippen molar-refractivity contribution in [2.24, 2.45) is 0 Å². The molecule has 7 heteroatoms. The minimum Gasteiger partial charge on any atom is -0.357 e. The van der Waals surface area contributed by atoms with Crippen molar-refractivity contribution in [2.75, 3.05) is 0 Å². The van der Waals surface area contributed by atoms with Gasteiger partial charge in [-0.25, -0.2) is 9.97 Å². The lowest BCUT2D eigenvalue weighted by molar-refractivity contribution is -0.384. The first kappa shape index (κ1) is 15.3. The zero-order chi connectivity index (χ0) is 17.2. The summed E-state index contributed by atoms with van der Waals surface area (Å²) in [5, 5.41) is 10.8. The lowest BCUT2D eigenvalue weighted by Gasteiger charge is -2.03. The Labute approximate surface area is 147 Å². The van der Waals surface area contributed by atoms with Gasteiger partial charge >= 0.3 is 0 Å². The van der Waals surface area contributed by atoms with Crippen molar-refractivity contribution in [3.8, 4) is 11.3 Å². The summed E-state index contributed by atoms with van der Waals surface area (Å²) in [6.45, 7) is 0. The average Bonchev–Trinajstić information content (AvgIpc) is 3.06. The van der Waals surface area contributed by atoms with Crippen molar-refractivity contribution in [3.05, 3.63) is 77.2 Å². The molecular weight excluding hydrogens is 336 g/mol. The van der Waals surface area contributed by atoms with Gasteiger partial charge < -0.3 is 4.98 Å². The summed E-state index contributed by atoms with van der Waals surface area (Å²) in [4.78, 5) is 24.3. The number of nitrogens with zero attached hydrogens (tertiary/aromatic N) is 3. The van der Waals surface area contributed by atoms with E-state index in [0.29, 0.717) is 0 Å². The van der Waals surface area contributed by atoms with Crippen molar-refractivity contribution in [1.29, 1.82) is 0 Å². The molecule has 2 heterocycles. The Hall–Kier alpha value is -3.19. The number of non-ortho nitro benzene ring substituents is 1. The molecule has 0 bridgehead atoms. The largest absolute Gasteiger partial charge is 0.357 e. The summed E-state index contributed by atoms with van der Waals surface area (Å²) in [7, 11) is 0. The molecular formula is C18H12N4O2S. The third kappa shape index (κ3) is 2.97. The highest BCUT2D eigenvalue weighted by atomic mass is 32.2. The summed E-state index contributed by atoms with van der Waals surface area (Å²) < 4.78 is 0. The summed E-state index contributed by atoms with van der Waals surface area (Å²) >= 11 is 1.50. The number of nitro benzene ring substituents is 1. The van der Waals surface area contributed by atoms with E-state index >= 15 is 0 Å². The first-order valence-electron chi connectivity index (χ1n) is 7.52. The highest BCUT2D eigenvalue weighted by Gasteiger charge is 2.13. The van der Waals surface area contributed by atoms with Gasteiger partial charge in [0.15, 0.2) is 0 Å². The second-order valence-electron chi connectivity index (χ2n) is 5.32. The van der Waals surface area contributed by atoms with Crippen LogP contribution < -0.4 is 0 Å². The van der Waals surface area contributed by atoms with Crippen LogP contribution in [-0.2, 0) is 0 Å². The third-order valence-electron chi connectivity index (χ3n) is 3.75. The molecule has 0 spiro atoms. The van der Waals surface area contributed by atoms with Gasteiger partial charge in [0.2, 0.25) is 0 Å². The molecule has 4 aromatic rings. The predicted molar refractivity (Wildman–Crippen MR) is 96.5 cm³/mol. The first-order chi connectivity index (χ1) is 12.2. The van der Waals surface area contributed by atoms with E-state index in [1.165, 1.54) is 23.9 Å². The van der Waals surface area contributed by atoms with Crippen LogP contribution in [0, 0.1) is 10.1 Å². The maximum absolute atomic E-state index is 10.8. The molecule has 25 heavy (non-hydrogen) atoms. The van der Waals surface area contributed by atoms with Crippen molar-refractivity contribution >= 4 is 28.5 Å². The van der Waals surface area contributed by atoms with Crippen LogP contribution in [0.3, 0.4) is 0 Å². The molecule has 0 unspecified atom stereocenters. The molecule has 0 saturated carbocycles. The molecule has 0 fully saturated rings. The molecule has 0 aliphatic rings. The lowest BCUT2D eigenvalue weighted by atomic mass is 10.1. The van der Waals surface area contributed by atoms with E-state index in [9.17, 15) is 10.1 Å².